The number of aliphatic hydroxyl groups is 4. The van der Waals surface area contributed by atoms with Crippen LogP contribution in [-0.4, -0.2) is 20.4 Å². The molecule has 0 amide bonds. The third kappa shape index (κ3) is 4.96. The minimum atomic E-state index is -3.26. The summed E-state index contributed by atoms with van der Waals surface area (Å²) in [4.78, 5) is 0. The van der Waals surface area contributed by atoms with E-state index in [0.29, 0.717) is 25.7 Å². The quantitative estimate of drug-likeness (QED) is 0.400. The van der Waals surface area contributed by atoms with Gasteiger partial charge in [0.1, 0.15) is 0 Å². The van der Waals surface area contributed by atoms with Gasteiger partial charge in [0.2, 0.25) is 0 Å². The molecule has 0 spiro atoms. The van der Waals surface area contributed by atoms with Crippen molar-refractivity contribution in [2.45, 2.75) is 53.4 Å². The smallest absolute Gasteiger partial charge is 0.290 e. The standard InChI is InChI=1S/C16H27O4P.ClH/c1-5-9-13(17)21(14(18)10-6-2,15(19)11-7-3)16(20)12-8-4;/h9-12H,5-8H2,1-4H3,(H3-,17,18,19,20);1H. The first-order valence-corrected chi connectivity index (χ1v) is 9.19. The van der Waals surface area contributed by atoms with E-state index in [1.54, 1.807) is 0 Å². The van der Waals surface area contributed by atoms with Gasteiger partial charge in [-0.1, -0.05) is 27.7 Å². The van der Waals surface area contributed by atoms with Crippen molar-refractivity contribution in [3.63, 3.8) is 0 Å². The summed E-state index contributed by atoms with van der Waals surface area (Å²) in [6.07, 6.45) is 8.22. The predicted molar refractivity (Wildman–Crippen MR) is 90.9 cm³/mol. The Morgan fingerprint density at radius 2 is 0.773 bits per heavy atom. The zero-order chi connectivity index (χ0) is 16.5. The highest BCUT2D eigenvalue weighted by Gasteiger charge is 2.58. The molecule has 0 aromatic carbocycles. The molecule has 0 heterocycles. The topological polar surface area (TPSA) is 80.9 Å². The second-order valence-electron chi connectivity index (χ2n) is 4.55. The van der Waals surface area contributed by atoms with Crippen molar-refractivity contribution in [1.82, 2.24) is 0 Å². The van der Waals surface area contributed by atoms with Gasteiger partial charge in [-0.3, -0.25) is 0 Å². The third-order valence-electron chi connectivity index (χ3n) is 2.92. The fourth-order valence-electron chi connectivity index (χ4n) is 1.98. The molecule has 0 aromatic rings. The average molecular weight is 351 g/mol. The summed E-state index contributed by atoms with van der Waals surface area (Å²) in [6.45, 7) is 7.36. The lowest BCUT2D eigenvalue weighted by atomic mass is 10.5. The Bertz CT molecular complexity index is 368. The van der Waals surface area contributed by atoms with Crippen molar-refractivity contribution >= 4 is 7.26 Å². The molecule has 0 atom stereocenters. The van der Waals surface area contributed by atoms with Crippen molar-refractivity contribution < 1.29 is 32.8 Å². The summed E-state index contributed by atoms with van der Waals surface area (Å²) in [5.74, 6) is 0. The van der Waals surface area contributed by atoms with Gasteiger partial charge in [0.15, 0.2) is 0 Å². The summed E-state index contributed by atoms with van der Waals surface area (Å²) >= 11 is 0. The minimum Gasteiger partial charge on any atom is -1.00 e. The van der Waals surface area contributed by atoms with Gasteiger partial charge in [0.25, 0.3) is 29.3 Å². The summed E-state index contributed by atoms with van der Waals surface area (Å²) in [5, 5.41) is 41.8. The van der Waals surface area contributed by atoms with Gasteiger partial charge >= 0.3 is 0 Å². The van der Waals surface area contributed by atoms with Crippen LogP contribution < -0.4 is 12.4 Å². The molecule has 0 aliphatic heterocycles. The molecule has 0 aliphatic rings. The lowest BCUT2D eigenvalue weighted by molar-refractivity contribution is -0.00000860. The Morgan fingerprint density at radius 3 is 0.909 bits per heavy atom. The second-order valence-corrected chi connectivity index (χ2v) is 7.73. The summed E-state index contributed by atoms with van der Waals surface area (Å²) < 4.78 is 0. The number of hydrogen-bond donors (Lipinski definition) is 4. The van der Waals surface area contributed by atoms with Crippen molar-refractivity contribution in [3.8, 4) is 0 Å². The highest BCUT2D eigenvalue weighted by molar-refractivity contribution is 7.89. The van der Waals surface area contributed by atoms with Crippen LogP contribution in [0.15, 0.2) is 46.3 Å². The Morgan fingerprint density at radius 1 is 0.591 bits per heavy atom. The maximum atomic E-state index is 10.5. The lowest BCUT2D eigenvalue weighted by Crippen LogP contribution is -3.00. The van der Waals surface area contributed by atoms with Crippen LogP contribution in [0.1, 0.15) is 53.4 Å². The molecule has 128 valence electrons. The first-order chi connectivity index (χ1) is 9.93. The molecule has 0 fully saturated rings. The van der Waals surface area contributed by atoms with Crippen molar-refractivity contribution in [3.05, 3.63) is 46.3 Å². The zero-order valence-corrected chi connectivity index (χ0v) is 15.4. The van der Waals surface area contributed by atoms with E-state index in [4.69, 9.17) is 0 Å². The highest BCUT2D eigenvalue weighted by atomic mass is 35.5. The fourth-order valence-corrected chi connectivity index (χ4v) is 5.22. The van der Waals surface area contributed by atoms with E-state index in [0.717, 1.165) is 0 Å². The molecule has 6 heteroatoms. The Hall–Kier alpha value is -1.12. The molecule has 0 saturated heterocycles. The van der Waals surface area contributed by atoms with E-state index in [9.17, 15) is 20.4 Å². The van der Waals surface area contributed by atoms with E-state index in [1.165, 1.54) is 24.3 Å². The van der Waals surface area contributed by atoms with Crippen LogP contribution in [-0.2, 0) is 0 Å². The zero-order valence-electron chi connectivity index (χ0n) is 13.8. The number of halogens is 1. The Kier molecular flexibility index (Phi) is 12.0. The molecule has 0 aromatic heterocycles. The van der Waals surface area contributed by atoms with Crippen LogP contribution >= 0.6 is 7.26 Å². The van der Waals surface area contributed by atoms with Crippen LogP contribution in [0.3, 0.4) is 0 Å². The van der Waals surface area contributed by atoms with Gasteiger partial charge in [0.05, 0.1) is 0 Å². The number of rotatable bonds is 8. The highest BCUT2D eigenvalue weighted by Crippen LogP contribution is 2.79. The molecule has 4 nitrogen and oxygen atoms in total. The van der Waals surface area contributed by atoms with Gasteiger partial charge in [-0.25, -0.2) is 0 Å². The molecule has 0 saturated carbocycles. The van der Waals surface area contributed by atoms with Gasteiger partial charge < -0.3 is 32.8 Å². The third-order valence-corrected chi connectivity index (χ3v) is 6.40. The minimum absolute atomic E-state index is 0. The van der Waals surface area contributed by atoms with Crippen molar-refractivity contribution in [2.24, 2.45) is 0 Å². The average Bonchev–Trinajstić information content (AvgIpc) is 2.40. The summed E-state index contributed by atoms with van der Waals surface area (Å²) in [6, 6.07) is 0. The largest absolute Gasteiger partial charge is 1.00 e. The van der Waals surface area contributed by atoms with Gasteiger partial charge in [0, 0.05) is 0 Å². The van der Waals surface area contributed by atoms with E-state index < -0.39 is 7.26 Å². The van der Waals surface area contributed by atoms with Gasteiger partial charge in [-0.15, -0.1) is 0 Å². The number of aliphatic hydroxyl groups excluding tert-OH is 4. The summed E-state index contributed by atoms with van der Waals surface area (Å²) in [5.41, 5.74) is -0.679. The van der Waals surface area contributed by atoms with E-state index in [-0.39, 0.29) is 34.4 Å². The van der Waals surface area contributed by atoms with Gasteiger partial charge in [-0.2, -0.15) is 0 Å². The first kappa shape index (κ1) is 23.2. The molecule has 0 unspecified atom stereocenters. The van der Waals surface area contributed by atoms with E-state index >= 15 is 0 Å². The van der Waals surface area contributed by atoms with Gasteiger partial charge in [-0.05, 0) is 50.0 Å². The van der Waals surface area contributed by atoms with Crippen LogP contribution in [0.4, 0.5) is 0 Å². The maximum Gasteiger partial charge on any atom is 0.290 e. The van der Waals surface area contributed by atoms with Crippen LogP contribution in [0.2, 0.25) is 0 Å². The van der Waals surface area contributed by atoms with Crippen molar-refractivity contribution in [2.75, 3.05) is 0 Å². The molecule has 22 heavy (non-hydrogen) atoms. The second kappa shape index (κ2) is 11.4. The molecule has 4 N–H and O–H groups in total. The van der Waals surface area contributed by atoms with E-state index in [1.807, 2.05) is 27.7 Å². The monoisotopic (exact) mass is 350 g/mol. The predicted octanol–water partition coefficient (Wildman–Crippen LogP) is 3.25. The molecule has 0 aliphatic carbocycles. The molecule has 0 rings (SSSR count). The van der Waals surface area contributed by atoms with E-state index in [2.05, 4.69) is 0 Å². The molecule has 0 radical (unpaired) electrons. The molecular weight excluding hydrogens is 323 g/mol. The number of allylic oxidation sites excluding steroid dienone is 4. The van der Waals surface area contributed by atoms with Crippen LogP contribution in [0.5, 0.6) is 0 Å². The number of hydrogen-bond acceptors (Lipinski definition) is 4. The lowest BCUT2D eigenvalue weighted by Gasteiger charge is -2.22. The fraction of sp³-hybridized carbons (Fsp3) is 0.500. The first-order valence-electron chi connectivity index (χ1n) is 7.40. The maximum absolute atomic E-state index is 10.5. The molecule has 0 bridgehead atoms. The summed E-state index contributed by atoms with van der Waals surface area (Å²) in [7, 11) is -3.26. The van der Waals surface area contributed by atoms with Crippen LogP contribution in [0, 0.1) is 0 Å². The normalized spacial score (nSPS) is 16.9. The molecular formula is C16H28ClO4P. The Balaban J connectivity index is 0. The van der Waals surface area contributed by atoms with Crippen molar-refractivity contribution in [1.29, 1.82) is 0 Å². The SMILES string of the molecule is CCC=C(O)[P+](C(O)=CCC)(C(O)=CCC)C(O)=CCC.[Cl-]. The van der Waals surface area contributed by atoms with Crippen LogP contribution in [0.25, 0.3) is 0 Å². The Labute approximate surface area is 140 Å².